The zero-order valence-electron chi connectivity index (χ0n) is 22.0. The van der Waals surface area contributed by atoms with Crippen molar-refractivity contribution in [3.05, 3.63) is 41.2 Å². The molecule has 2 aromatic rings. The van der Waals surface area contributed by atoms with E-state index in [4.69, 9.17) is 4.74 Å². The quantitative estimate of drug-likeness (QED) is 0.419. The van der Waals surface area contributed by atoms with Crippen molar-refractivity contribution in [2.75, 3.05) is 32.8 Å². The Labute approximate surface area is 222 Å². The topological polar surface area (TPSA) is 151 Å². The molecule has 38 heavy (non-hydrogen) atoms. The van der Waals surface area contributed by atoms with E-state index in [0.29, 0.717) is 43.9 Å². The first-order chi connectivity index (χ1) is 18.3. The van der Waals surface area contributed by atoms with Crippen molar-refractivity contribution < 1.29 is 24.2 Å². The molecule has 3 amide bonds. The molecule has 1 aromatic carbocycles. The minimum Gasteiger partial charge on any atom is -0.493 e. The summed E-state index contributed by atoms with van der Waals surface area (Å²) in [6.07, 6.45) is 3.68. The second kappa shape index (κ2) is 12.8. The molecule has 0 aliphatic carbocycles. The van der Waals surface area contributed by atoms with Crippen molar-refractivity contribution in [3.8, 4) is 5.75 Å². The first kappa shape index (κ1) is 27.5. The Bertz CT molecular complexity index is 1130. The summed E-state index contributed by atoms with van der Waals surface area (Å²) in [5, 5.41) is 27.3. The van der Waals surface area contributed by atoms with E-state index in [1.165, 1.54) is 6.92 Å². The highest BCUT2D eigenvalue weighted by molar-refractivity contribution is 5.98. The van der Waals surface area contributed by atoms with E-state index in [0.717, 1.165) is 30.6 Å². The summed E-state index contributed by atoms with van der Waals surface area (Å²) in [5.74, 6) is -0.463. The first-order valence-corrected chi connectivity index (χ1v) is 13.2. The lowest BCUT2D eigenvalue weighted by molar-refractivity contribution is -0.133. The van der Waals surface area contributed by atoms with E-state index in [-0.39, 0.29) is 25.0 Å². The summed E-state index contributed by atoms with van der Waals surface area (Å²) in [4.78, 5) is 40.8. The monoisotopic (exact) mass is 527 g/mol. The number of aryl methyl sites for hydroxylation is 2. The van der Waals surface area contributed by atoms with E-state index in [9.17, 15) is 19.5 Å². The van der Waals surface area contributed by atoms with Crippen molar-refractivity contribution in [3.63, 3.8) is 0 Å². The standard InChI is InChI=1S/C26H37N7O5/c1-17-6-7-19-15-22(17)38-14-4-11-33-16-20(30-31-33)8-12-32(26(37)21-5-3-9-27-21)13-10-28-25(36)23(18(2)34)29-24(19)35/h6-7,15-16,18,21,23,27,34H,3-5,8-14H2,1-2H3,(H,28,36)(H,29,35)/t18-,21+,23+/m1/s1. The normalized spacial score (nSPS) is 22.7. The van der Waals surface area contributed by atoms with E-state index >= 15 is 0 Å². The van der Waals surface area contributed by atoms with Crippen LogP contribution in [-0.4, -0.2) is 93.7 Å². The van der Waals surface area contributed by atoms with Gasteiger partial charge in [0.2, 0.25) is 11.8 Å². The molecule has 1 saturated heterocycles. The number of carbonyl (C=O) groups is 3. The molecule has 4 bridgehead atoms. The Morgan fingerprint density at radius 2 is 2.03 bits per heavy atom. The van der Waals surface area contributed by atoms with E-state index in [1.807, 2.05) is 13.1 Å². The molecule has 0 spiro atoms. The molecule has 2 aliphatic rings. The van der Waals surface area contributed by atoms with Crippen LogP contribution in [0.1, 0.15) is 47.8 Å². The molecule has 4 rings (SSSR count). The fourth-order valence-electron chi connectivity index (χ4n) is 4.62. The van der Waals surface area contributed by atoms with E-state index in [1.54, 1.807) is 27.8 Å². The van der Waals surface area contributed by atoms with Crippen LogP contribution in [0.4, 0.5) is 0 Å². The van der Waals surface area contributed by atoms with Crippen molar-refractivity contribution in [1.29, 1.82) is 0 Å². The summed E-state index contributed by atoms with van der Waals surface area (Å²) in [6, 6.07) is 3.67. The molecule has 3 atom stereocenters. The van der Waals surface area contributed by atoms with Gasteiger partial charge in [-0.2, -0.15) is 0 Å². The lowest BCUT2D eigenvalue weighted by Crippen LogP contribution is -2.54. The fourth-order valence-corrected chi connectivity index (χ4v) is 4.62. The zero-order valence-corrected chi connectivity index (χ0v) is 22.0. The Balaban J connectivity index is 1.52. The van der Waals surface area contributed by atoms with Crippen LogP contribution in [0.2, 0.25) is 0 Å². The number of rotatable bonds is 2. The number of aliphatic hydroxyl groups excluding tert-OH is 1. The number of carbonyl (C=O) groups excluding carboxylic acids is 3. The number of ether oxygens (including phenoxy) is 1. The molecule has 1 fully saturated rings. The molecule has 206 valence electrons. The van der Waals surface area contributed by atoms with Gasteiger partial charge in [-0.3, -0.25) is 19.1 Å². The molecule has 0 unspecified atom stereocenters. The number of aliphatic hydroxyl groups is 1. The maximum atomic E-state index is 13.2. The second-order valence-corrected chi connectivity index (χ2v) is 9.86. The smallest absolute Gasteiger partial charge is 0.252 e. The SMILES string of the molecule is Cc1ccc2cc1OCCCn1cc(nn1)CCN(C(=O)[C@@H]1CCCN1)CCNC(=O)[C@H]([C@@H](C)O)NC2=O. The molecular weight excluding hydrogens is 490 g/mol. The van der Waals surface area contributed by atoms with Gasteiger partial charge in [-0.1, -0.05) is 11.3 Å². The Morgan fingerprint density at radius 3 is 2.79 bits per heavy atom. The summed E-state index contributed by atoms with van der Waals surface area (Å²) in [6.45, 7) is 6.06. The third kappa shape index (κ3) is 7.07. The minimum absolute atomic E-state index is 0.0148. The zero-order chi connectivity index (χ0) is 27.1. The Hall–Kier alpha value is -3.51. The number of benzene rings is 1. The molecule has 3 heterocycles. The summed E-state index contributed by atoms with van der Waals surface area (Å²) < 4.78 is 7.68. The van der Waals surface area contributed by atoms with Crippen LogP contribution in [0.25, 0.3) is 0 Å². The van der Waals surface area contributed by atoms with Gasteiger partial charge in [-0.15, -0.1) is 5.10 Å². The highest BCUT2D eigenvalue weighted by Gasteiger charge is 2.29. The van der Waals surface area contributed by atoms with Gasteiger partial charge >= 0.3 is 0 Å². The van der Waals surface area contributed by atoms with Crippen LogP contribution < -0.4 is 20.7 Å². The average Bonchev–Trinajstić information content (AvgIpc) is 3.59. The van der Waals surface area contributed by atoms with Gasteiger partial charge in [-0.25, -0.2) is 0 Å². The predicted molar refractivity (Wildman–Crippen MR) is 139 cm³/mol. The molecule has 12 nitrogen and oxygen atoms in total. The number of amides is 3. The van der Waals surface area contributed by atoms with Crippen molar-refractivity contribution in [1.82, 2.24) is 35.8 Å². The van der Waals surface area contributed by atoms with Crippen LogP contribution in [0.5, 0.6) is 5.75 Å². The summed E-state index contributed by atoms with van der Waals surface area (Å²) in [5.41, 5.74) is 1.98. The van der Waals surface area contributed by atoms with Crippen molar-refractivity contribution >= 4 is 17.7 Å². The van der Waals surface area contributed by atoms with Crippen molar-refractivity contribution in [2.45, 2.75) is 64.3 Å². The van der Waals surface area contributed by atoms with Crippen LogP contribution in [0, 0.1) is 6.92 Å². The molecule has 0 radical (unpaired) electrons. The highest BCUT2D eigenvalue weighted by atomic mass is 16.5. The third-order valence-corrected chi connectivity index (χ3v) is 6.87. The first-order valence-electron chi connectivity index (χ1n) is 13.2. The molecule has 12 heteroatoms. The number of hydrogen-bond donors (Lipinski definition) is 4. The molecule has 1 aromatic heterocycles. The van der Waals surface area contributed by atoms with Crippen LogP contribution in [0.15, 0.2) is 24.4 Å². The van der Waals surface area contributed by atoms with Gasteiger partial charge in [0.05, 0.1) is 24.4 Å². The number of hydrogen-bond acceptors (Lipinski definition) is 8. The Kier molecular flexibility index (Phi) is 9.29. The second-order valence-electron chi connectivity index (χ2n) is 9.86. The maximum Gasteiger partial charge on any atom is 0.252 e. The highest BCUT2D eigenvalue weighted by Crippen LogP contribution is 2.20. The predicted octanol–water partition coefficient (Wildman–Crippen LogP) is -0.212. The van der Waals surface area contributed by atoms with Gasteiger partial charge in [0, 0.05) is 50.8 Å². The van der Waals surface area contributed by atoms with Gasteiger partial charge in [0.25, 0.3) is 5.91 Å². The molecular formula is C26H37N7O5. The minimum atomic E-state index is -1.16. The lowest BCUT2D eigenvalue weighted by atomic mass is 10.1. The number of fused-ring (bicyclic) bond motifs is 4. The van der Waals surface area contributed by atoms with E-state index in [2.05, 4.69) is 26.3 Å². The van der Waals surface area contributed by atoms with Crippen LogP contribution in [0.3, 0.4) is 0 Å². The maximum absolute atomic E-state index is 13.2. The average molecular weight is 528 g/mol. The van der Waals surface area contributed by atoms with Gasteiger partial charge in [0.15, 0.2) is 0 Å². The summed E-state index contributed by atoms with van der Waals surface area (Å²) >= 11 is 0. The van der Waals surface area contributed by atoms with E-state index < -0.39 is 24.0 Å². The molecule has 2 aliphatic heterocycles. The van der Waals surface area contributed by atoms with Gasteiger partial charge < -0.3 is 30.7 Å². The number of nitrogens with zero attached hydrogens (tertiary/aromatic N) is 4. The molecule has 0 saturated carbocycles. The summed E-state index contributed by atoms with van der Waals surface area (Å²) in [7, 11) is 0. The Morgan fingerprint density at radius 1 is 1.18 bits per heavy atom. The molecule has 4 N–H and O–H groups in total. The fraction of sp³-hybridized carbons (Fsp3) is 0.577. The number of nitrogens with one attached hydrogen (secondary N) is 3. The van der Waals surface area contributed by atoms with Crippen LogP contribution in [-0.2, 0) is 22.6 Å². The van der Waals surface area contributed by atoms with Crippen molar-refractivity contribution in [2.24, 2.45) is 0 Å². The van der Waals surface area contributed by atoms with Gasteiger partial charge in [-0.05, 0) is 50.9 Å². The largest absolute Gasteiger partial charge is 0.493 e. The van der Waals surface area contributed by atoms with Crippen LogP contribution >= 0.6 is 0 Å². The van der Waals surface area contributed by atoms with Gasteiger partial charge in [0.1, 0.15) is 11.8 Å². The number of aromatic nitrogens is 3. The lowest BCUT2D eigenvalue weighted by Gasteiger charge is -2.26. The third-order valence-electron chi connectivity index (χ3n) is 6.87.